The fraction of sp³-hybridized carbons (Fsp3) is 0.722. The second-order valence-corrected chi connectivity index (χ2v) is 7.57. The third kappa shape index (κ3) is 2.77. The first-order valence-corrected chi connectivity index (χ1v) is 9.19. The molecule has 1 aromatic rings. The van der Waals surface area contributed by atoms with Crippen LogP contribution < -0.4 is 4.90 Å². The zero-order valence-electron chi connectivity index (χ0n) is 14.1. The number of amides is 1. The third-order valence-corrected chi connectivity index (χ3v) is 6.06. The van der Waals surface area contributed by atoms with Gasteiger partial charge in [-0.2, -0.15) is 0 Å². The lowest BCUT2D eigenvalue weighted by atomic mass is 9.78. The van der Waals surface area contributed by atoms with Crippen molar-refractivity contribution in [1.29, 1.82) is 0 Å². The molecule has 3 aliphatic rings. The van der Waals surface area contributed by atoms with E-state index in [9.17, 15) is 9.90 Å². The van der Waals surface area contributed by atoms with Crippen molar-refractivity contribution in [2.24, 2.45) is 5.41 Å². The highest BCUT2D eigenvalue weighted by molar-refractivity contribution is 5.86. The molecule has 6 heteroatoms. The SMILES string of the molecule is O=C1N(C2CCC(O)CC2)CCC12CCCN(c1ncccn1)C2. The van der Waals surface area contributed by atoms with Crippen LogP contribution in [0.2, 0.25) is 0 Å². The first kappa shape index (κ1) is 15.8. The van der Waals surface area contributed by atoms with Gasteiger partial charge >= 0.3 is 0 Å². The maximum atomic E-state index is 13.2. The van der Waals surface area contributed by atoms with Gasteiger partial charge in [-0.25, -0.2) is 9.97 Å². The number of carbonyl (C=O) groups is 1. The average molecular weight is 330 g/mol. The summed E-state index contributed by atoms with van der Waals surface area (Å²) in [6, 6.07) is 2.15. The lowest BCUT2D eigenvalue weighted by Gasteiger charge is -2.40. The summed E-state index contributed by atoms with van der Waals surface area (Å²) in [7, 11) is 0. The van der Waals surface area contributed by atoms with E-state index in [2.05, 4.69) is 19.8 Å². The Balaban J connectivity index is 1.48. The first-order chi connectivity index (χ1) is 11.7. The van der Waals surface area contributed by atoms with Crippen LogP contribution in [-0.2, 0) is 4.79 Å². The van der Waals surface area contributed by atoms with E-state index >= 15 is 0 Å². The summed E-state index contributed by atoms with van der Waals surface area (Å²) in [4.78, 5) is 26.2. The van der Waals surface area contributed by atoms with Crippen LogP contribution in [0.3, 0.4) is 0 Å². The summed E-state index contributed by atoms with van der Waals surface area (Å²) in [5, 5.41) is 9.71. The van der Waals surface area contributed by atoms with E-state index in [1.54, 1.807) is 12.4 Å². The Morgan fingerprint density at radius 1 is 1.08 bits per heavy atom. The molecule has 0 radical (unpaired) electrons. The van der Waals surface area contributed by atoms with Crippen LogP contribution in [0.5, 0.6) is 0 Å². The maximum Gasteiger partial charge on any atom is 0.230 e. The van der Waals surface area contributed by atoms with E-state index in [1.165, 1.54) is 0 Å². The van der Waals surface area contributed by atoms with Crippen molar-refractivity contribution in [2.75, 3.05) is 24.5 Å². The van der Waals surface area contributed by atoms with Crippen LogP contribution in [0.15, 0.2) is 18.5 Å². The van der Waals surface area contributed by atoms with Gasteiger partial charge in [0.25, 0.3) is 0 Å². The predicted molar refractivity (Wildman–Crippen MR) is 90.5 cm³/mol. The van der Waals surface area contributed by atoms with Gasteiger partial charge in [-0.3, -0.25) is 4.79 Å². The third-order valence-electron chi connectivity index (χ3n) is 6.06. The van der Waals surface area contributed by atoms with Gasteiger partial charge in [-0.05, 0) is 51.0 Å². The number of rotatable bonds is 2. The molecule has 1 unspecified atom stereocenters. The Labute approximate surface area is 142 Å². The van der Waals surface area contributed by atoms with E-state index in [0.29, 0.717) is 11.9 Å². The lowest BCUT2D eigenvalue weighted by molar-refractivity contribution is -0.139. The normalized spacial score (nSPS) is 34.1. The van der Waals surface area contributed by atoms with Crippen LogP contribution in [0.25, 0.3) is 0 Å². The second kappa shape index (κ2) is 6.31. The fourth-order valence-electron chi connectivity index (χ4n) is 4.70. The minimum atomic E-state index is -0.256. The number of anilines is 1. The van der Waals surface area contributed by atoms with Crippen molar-refractivity contribution in [1.82, 2.24) is 14.9 Å². The lowest BCUT2D eigenvalue weighted by Crippen LogP contribution is -2.50. The predicted octanol–water partition coefficient (Wildman–Crippen LogP) is 1.60. The molecule has 1 saturated carbocycles. The summed E-state index contributed by atoms with van der Waals surface area (Å²) in [5.74, 6) is 1.06. The van der Waals surface area contributed by atoms with Crippen molar-refractivity contribution < 1.29 is 9.90 Å². The molecule has 1 amide bonds. The topological polar surface area (TPSA) is 69.6 Å². The van der Waals surface area contributed by atoms with Crippen LogP contribution >= 0.6 is 0 Å². The Morgan fingerprint density at radius 2 is 1.83 bits per heavy atom. The van der Waals surface area contributed by atoms with Gasteiger partial charge in [0, 0.05) is 38.1 Å². The molecule has 1 N–H and O–H groups in total. The molecule has 0 bridgehead atoms. The molecule has 1 aliphatic carbocycles. The standard InChI is InChI=1S/C18H26N4O2/c23-15-5-3-14(4-6-15)22-12-8-18(16(22)24)7-1-11-21(13-18)17-19-9-2-10-20-17/h2,9-10,14-15,23H,1,3-8,11-13H2. The smallest absolute Gasteiger partial charge is 0.230 e. The van der Waals surface area contributed by atoms with Crippen molar-refractivity contribution in [3.05, 3.63) is 18.5 Å². The Hall–Kier alpha value is -1.69. The Morgan fingerprint density at radius 3 is 2.58 bits per heavy atom. The summed E-state index contributed by atoms with van der Waals surface area (Å²) in [5.41, 5.74) is -0.256. The van der Waals surface area contributed by atoms with E-state index in [1.807, 2.05) is 6.07 Å². The van der Waals surface area contributed by atoms with Crippen LogP contribution in [-0.4, -0.2) is 57.7 Å². The molecule has 1 atom stereocenters. The van der Waals surface area contributed by atoms with Gasteiger partial charge in [0.2, 0.25) is 11.9 Å². The van der Waals surface area contributed by atoms with Crippen LogP contribution in [0, 0.1) is 5.41 Å². The highest BCUT2D eigenvalue weighted by atomic mass is 16.3. The molecule has 2 saturated heterocycles. The maximum absolute atomic E-state index is 13.2. The summed E-state index contributed by atoms with van der Waals surface area (Å²) in [6.45, 7) is 2.53. The summed E-state index contributed by atoms with van der Waals surface area (Å²) in [6.07, 6.45) is 9.81. The number of likely N-dealkylation sites (tertiary alicyclic amines) is 1. The quantitative estimate of drug-likeness (QED) is 0.892. The van der Waals surface area contributed by atoms with Crippen molar-refractivity contribution in [3.63, 3.8) is 0 Å². The van der Waals surface area contributed by atoms with Gasteiger partial charge in [0.15, 0.2) is 0 Å². The molecule has 4 rings (SSSR count). The molecular formula is C18H26N4O2. The molecule has 3 heterocycles. The van der Waals surface area contributed by atoms with Gasteiger partial charge in [0.05, 0.1) is 11.5 Å². The summed E-state index contributed by atoms with van der Waals surface area (Å²) < 4.78 is 0. The van der Waals surface area contributed by atoms with Crippen LogP contribution in [0.1, 0.15) is 44.9 Å². The zero-order valence-corrected chi connectivity index (χ0v) is 14.1. The van der Waals surface area contributed by atoms with Gasteiger partial charge in [-0.15, -0.1) is 0 Å². The minimum Gasteiger partial charge on any atom is -0.393 e. The molecular weight excluding hydrogens is 304 g/mol. The van der Waals surface area contributed by atoms with E-state index in [-0.39, 0.29) is 11.5 Å². The molecule has 1 spiro atoms. The molecule has 130 valence electrons. The number of carbonyl (C=O) groups excluding carboxylic acids is 1. The molecule has 0 aromatic carbocycles. The number of nitrogens with zero attached hydrogens (tertiary/aromatic N) is 4. The van der Waals surface area contributed by atoms with Crippen molar-refractivity contribution in [3.8, 4) is 0 Å². The molecule has 2 aliphatic heterocycles. The fourth-order valence-corrected chi connectivity index (χ4v) is 4.70. The Kier molecular flexibility index (Phi) is 4.16. The van der Waals surface area contributed by atoms with Gasteiger partial charge in [-0.1, -0.05) is 0 Å². The monoisotopic (exact) mass is 330 g/mol. The number of aliphatic hydroxyl groups excluding tert-OH is 1. The highest BCUT2D eigenvalue weighted by Gasteiger charge is 2.50. The van der Waals surface area contributed by atoms with E-state index < -0.39 is 0 Å². The second-order valence-electron chi connectivity index (χ2n) is 7.57. The average Bonchev–Trinajstić information content (AvgIpc) is 2.93. The van der Waals surface area contributed by atoms with Gasteiger partial charge in [0.1, 0.15) is 0 Å². The Bertz CT molecular complexity index is 588. The van der Waals surface area contributed by atoms with Crippen molar-refractivity contribution >= 4 is 11.9 Å². The largest absolute Gasteiger partial charge is 0.393 e. The molecule has 3 fully saturated rings. The zero-order chi connectivity index (χ0) is 16.6. The van der Waals surface area contributed by atoms with Crippen LogP contribution in [0.4, 0.5) is 5.95 Å². The minimum absolute atomic E-state index is 0.173. The van der Waals surface area contributed by atoms with E-state index in [4.69, 9.17) is 0 Å². The highest BCUT2D eigenvalue weighted by Crippen LogP contribution is 2.42. The first-order valence-electron chi connectivity index (χ1n) is 9.19. The van der Waals surface area contributed by atoms with E-state index in [0.717, 1.165) is 70.5 Å². The van der Waals surface area contributed by atoms with Crippen molar-refractivity contribution in [2.45, 2.75) is 57.1 Å². The number of aromatic nitrogens is 2. The molecule has 1 aromatic heterocycles. The number of aliphatic hydroxyl groups is 1. The summed E-state index contributed by atoms with van der Waals surface area (Å²) >= 11 is 0. The number of piperidine rings is 1. The molecule has 24 heavy (non-hydrogen) atoms. The number of hydrogen-bond donors (Lipinski definition) is 1. The number of hydrogen-bond acceptors (Lipinski definition) is 5. The van der Waals surface area contributed by atoms with Gasteiger partial charge < -0.3 is 14.9 Å². The molecule has 6 nitrogen and oxygen atoms in total.